The average molecular weight is 222 g/mol. The van der Waals surface area contributed by atoms with Gasteiger partial charge >= 0.3 is 0 Å². The highest BCUT2D eigenvalue weighted by molar-refractivity contribution is 7.07. The van der Waals surface area contributed by atoms with E-state index in [-0.39, 0.29) is 6.04 Å². The summed E-state index contributed by atoms with van der Waals surface area (Å²) in [5.41, 5.74) is 9.87. The maximum atomic E-state index is 6.12. The van der Waals surface area contributed by atoms with Crippen LogP contribution in [0.3, 0.4) is 0 Å². The molecule has 2 N–H and O–H groups in total. The summed E-state index contributed by atoms with van der Waals surface area (Å²) in [6.07, 6.45) is 2.84. The fourth-order valence-electron chi connectivity index (χ4n) is 1.53. The van der Waals surface area contributed by atoms with Gasteiger partial charge in [-0.2, -0.15) is 5.10 Å². The predicted octanol–water partition coefficient (Wildman–Crippen LogP) is 1.80. The zero-order valence-corrected chi connectivity index (χ0v) is 9.44. The molecule has 0 aliphatic carbocycles. The fraction of sp³-hybridized carbons (Fsp3) is 0.400. The lowest BCUT2D eigenvalue weighted by atomic mass is 10.2. The molecule has 2 heterocycles. The lowest BCUT2D eigenvalue weighted by Crippen LogP contribution is -2.17. The molecule has 0 fully saturated rings. The number of nitrogens with zero attached hydrogens (tertiary/aromatic N) is 3. The Kier molecular flexibility index (Phi) is 3.13. The first kappa shape index (κ1) is 10.3. The molecule has 0 aliphatic rings. The number of rotatable bonds is 4. The molecule has 0 saturated carbocycles. The Morgan fingerprint density at radius 2 is 2.47 bits per heavy atom. The molecule has 2 aromatic heterocycles. The molecular formula is C10H14N4S. The second-order valence-electron chi connectivity index (χ2n) is 3.37. The number of thiazole rings is 1. The van der Waals surface area contributed by atoms with E-state index in [9.17, 15) is 0 Å². The van der Waals surface area contributed by atoms with Crippen LogP contribution >= 0.6 is 11.3 Å². The highest BCUT2D eigenvalue weighted by atomic mass is 32.1. The second kappa shape index (κ2) is 4.55. The summed E-state index contributed by atoms with van der Waals surface area (Å²) < 4.78 is 1.95. The molecule has 1 atom stereocenters. The highest BCUT2D eigenvalue weighted by Crippen LogP contribution is 2.18. The van der Waals surface area contributed by atoms with Crippen molar-refractivity contribution in [1.82, 2.24) is 14.8 Å². The minimum absolute atomic E-state index is 0.162. The Morgan fingerprint density at radius 3 is 3.13 bits per heavy atom. The summed E-state index contributed by atoms with van der Waals surface area (Å²) in [4.78, 5) is 4.23. The molecule has 2 rings (SSSR count). The van der Waals surface area contributed by atoms with Gasteiger partial charge in [0.1, 0.15) is 0 Å². The number of aromatic nitrogens is 3. The van der Waals surface area contributed by atoms with E-state index in [1.807, 2.05) is 16.1 Å². The van der Waals surface area contributed by atoms with Crippen molar-refractivity contribution >= 4 is 11.3 Å². The van der Waals surface area contributed by atoms with Gasteiger partial charge < -0.3 is 5.73 Å². The molecule has 0 aliphatic heterocycles. The third-order valence-corrected chi connectivity index (χ3v) is 2.88. The Labute approximate surface area is 92.8 Å². The van der Waals surface area contributed by atoms with Gasteiger partial charge in [0.15, 0.2) is 0 Å². The molecule has 0 saturated heterocycles. The van der Waals surface area contributed by atoms with E-state index in [4.69, 9.17) is 5.73 Å². The standard InChI is InChI=1S/C10H14N4S/c1-2-5-14-9(3-4-13-14)10(11)8-6-15-7-12-8/h3-4,6-7,10H,2,5,11H2,1H3. The van der Waals surface area contributed by atoms with Crippen LogP contribution in [0.25, 0.3) is 0 Å². The predicted molar refractivity (Wildman–Crippen MR) is 60.7 cm³/mol. The molecule has 4 nitrogen and oxygen atoms in total. The van der Waals surface area contributed by atoms with Crippen molar-refractivity contribution in [3.8, 4) is 0 Å². The van der Waals surface area contributed by atoms with Gasteiger partial charge in [-0.15, -0.1) is 11.3 Å². The molecule has 0 aromatic carbocycles. The maximum Gasteiger partial charge on any atom is 0.0905 e. The molecule has 0 radical (unpaired) electrons. The molecule has 2 aromatic rings. The molecule has 0 spiro atoms. The topological polar surface area (TPSA) is 56.7 Å². The summed E-state index contributed by atoms with van der Waals surface area (Å²) in [5.74, 6) is 0. The second-order valence-corrected chi connectivity index (χ2v) is 4.09. The normalized spacial score (nSPS) is 12.9. The molecule has 15 heavy (non-hydrogen) atoms. The van der Waals surface area contributed by atoms with Gasteiger partial charge in [0.05, 0.1) is 22.9 Å². The van der Waals surface area contributed by atoms with Gasteiger partial charge in [-0.3, -0.25) is 4.68 Å². The van der Waals surface area contributed by atoms with Gasteiger partial charge in [-0.05, 0) is 12.5 Å². The monoisotopic (exact) mass is 222 g/mol. The highest BCUT2D eigenvalue weighted by Gasteiger charge is 2.14. The third-order valence-electron chi connectivity index (χ3n) is 2.27. The zero-order chi connectivity index (χ0) is 10.7. The van der Waals surface area contributed by atoms with Crippen molar-refractivity contribution in [3.05, 3.63) is 34.5 Å². The number of hydrogen-bond donors (Lipinski definition) is 1. The van der Waals surface area contributed by atoms with Crippen molar-refractivity contribution in [2.75, 3.05) is 0 Å². The van der Waals surface area contributed by atoms with E-state index < -0.39 is 0 Å². The van der Waals surface area contributed by atoms with Gasteiger partial charge in [0.25, 0.3) is 0 Å². The number of nitrogens with two attached hydrogens (primary N) is 1. The molecule has 1 unspecified atom stereocenters. The largest absolute Gasteiger partial charge is 0.318 e. The van der Waals surface area contributed by atoms with Crippen LogP contribution in [0.4, 0.5) is 0 Å². The number of aryl methyl sites for hydroxylation is 1. The van der Waals surface area contributed by atoms with E-state index in [2.05, 4.69) is 17.0 Å². The summed E-state index contributed by atoms with van der Waals surface area (Å²) >= 11 is 1.56. The summed E-state index contributed by atoms with van der Waals surface area (Å²) in [7, 11) is 0. The minimum Gasteiger partial charge on any atom is -0.318 e. The average Bonchev–Trinajstić information content (AvgIpc) is 2.87. The summed E-state index contributed by atoms with van der Waals surface area (Å²) in [6, 6.07) is 1.80. The van der Waals surface area contributed by atoms with E-state index in [0.717, 1.165) is 24.4 Å². The molecule has 0 amide bonds. The lowest BCUT2D eigenvalue weighted by Gasteiger charge is -2.11. The third kappa shape index (κ3) is 2.08. The van der Waals surface area contributed by atoms with Crippen molar-refractivity contribution in [2.24, 2.45) is 5.73 Å². The van der Waals surface area contributed by atoms with E-state index in [1.54, 1.807) is 23.0 Å². The summed E-state index contributed by atoms with van der Waals surface area (Å²) in [5, 5.41) is 6.23. The smallest absolute Gasteiger partial charge is 0.0905 e. The van der Waals surface area contributed by atoms with Crippen LogP contribution in [0.1, 0.15) is 30.8 Å². The van der Waals surface area contributed by atoms with Crippen molar-refractivity contribution < 1.29 is 0 Å². The van der Waals surface area contributed by atoms with Crippen molar-refractivity contribution in [2.45, 2.75) is 25.9 Å². The first-order chi connectivity index (χ1) is 7.33. The summed E-state index contributed by atoms with van der Waals surface area (Å²) in [6.45, 7) is 3.03. The lowest BCUT2D eigenvalue weighted by molar-refractivity contribution is 0.557. The maximum absolute atomic E-state index is 6.12. The van der Waals surface area contributed by atoms with E-state index in [0.29, 0.717) is 0 Å². The SMILES string of the molecule is CCCn1nccc1C(N)c1cscn1. The Morgan fingerprint density at radius 1 is 1.60 bits per heavy atom. The molecule has 0 bridgehead atoms. The van der Waals surface area contributed by atoms with Crippen LogP contribution in [-0.2, 0) is 6.54 Å². The zero-order valence-electron chi connectivity index (χ0n) is 8.63. The van der Waals surface area contributed by atoms with Crippen molar-refractivity contribution in [1.29, 1.82) is 0 Å². The Hall–Kier alpha value is -1.20. The van der Waals surface area contributed by atoms with Crippen LogP contribution < -0.4 is 5.73 Å². The molecule has 5 heteroatoms. The van der Waals surface area contributed by atoms with E-state index >= 15 is 0 Å². The van der Waals surface area contributed by atoms with Gasteiger partial charge in [-0.1, -0.05) is 6.92 Å². The van der Waals surface area contributed by atoms with Gasteiger partial charge in [-0.25, -0.2) is 4.98 Å². The Bertz CT molecular complexity index is 407. The minimum atomic E-state index is -0.162. The van der Waals surface area contributed by atoms with Crippen LogP contribution in [0.5, 0.6) is 0 Å². The van der Waals surface area contributed by atoms with E-state index in [1.165, 1.54) is 0 Å². The van der Waals surface area contributed by atoms with Crippen LogP contribution in [0.2, 0.25) is 0 Å². The van der Waals surface area contributed by atoms with Gasteiger partial charge in [0.2, 0.25) is 0 Å². The van der Waals surface area contributed by atoms with Gasteiger partial charge in [0, 0.05) is 18.1 Å². The van der Waals surface area contributed by atoms with Crippen molar-refractivity contribution in [3.63, 3.8) is 0 Å². The fourth-order valence-corrected chi connectivity index (χ4v) is 2.12. The number of hydrogen-bond acceptors (Lipinski definition) is 4. The first-order valence-corrected chi connectivity index (χ1v) is 5.92. The molecule has 80 valence electrons. The Balaban J connectivity index is 2.25. The van der Waals surface area contributed by atoms with Crippen LogP contribution in [0, 0.1) is 0 Å². The molecular weight excluding hydrogens is 208 g/mol. The first-order valence-electron chi connectivity index (χ1n) is 4.98. The van der Waals surface area contributed by atoms with Crippen LogP contribution in [0.15, 0.2) is 23.2 Å². The quantitative estimate of drug-likeness (QED) is 0.858. The van der Waals surface area contributed by atoms with Crippen LogP contribution in [-0.4, -0.2) is 14.8 Å².